The van der Waals surface area contributed by atoms with Crippen LogP contribution in [0.1, 0.15) is 40.5 Å². The van der Waals surface area contributed by atoms with E-state index in [2.05, 4.69) is 37.9 Å². The van der Waals surface area contributed by atoms with Crippen molar-refractivity contribution in [2.75, 3.05) is 33.4 Å². The first-order valence-corrected chi connectivity index (χ1v) is 6.48. The van der Waals surface area contributed by atoms with Gasteiger partial charge in [-0.15, -0.1) is 0 Å². The van der Waals surface area contributed by atoms with E-state index in [0.29, 0.717) is 5.54 Å². The molecule has 1 aliphatic rings. The van der Waals surface area contributed by atoms with Crippen LogP contribution in [0.3, 0.4) is 0 Å². The Balaban J connectivity index is 2.68. The van der Waals surface area contributed by atoms with E-state index in [1.165, 1.54) is 12.8 Å². The molecule has 0 aromatic carbocycles. The molecular weight excluding hydrogens is 200 g/mol. The molecular formula is C13H28N2O. The molecule has 0 saturated carbocycles. The van der Waals surface area contributed by atoms with Crippen molar-refractivity contribution in [2.24, 2.45) is 0 Å². The summed E-state index contributed by atoms with van der Waals surface area (Å²) in [4.78, 5) is 2.57. The van der Waals surface area contributed by atoms with Gasteiger partial charge < -0.3 is 10.1 Å². The largest absolute Gasteiger partial charge is 0.383 e. The highest BCUT2D eigenvalue weighted by molar-refractivity contribution is 5.00. The molecule has 1 aliphatic heterocycles. The number of rotatable bonds is 5. The van der Waals surface area contributed by atoms with E-state index in [0.717, 1.165) is 26.2 Å². The molecule has 0 aromatic heterocycles. The van der Waals surface area contributed by atoms with Crippen LogP contribution in [-0.2, 0) is 4.74 Å². The molecule has 0 aliphatic carbocycles. The fourth-order valence-electron chi connectivity index (χ4n) is 2.46. The summed E-state index contributed by atoms with van der Waals surface area (Å²) in [5.74, 6) is 0. The maximum Gasteiger partial charge on any atom is 0.0589 e. The fraction of sp³-hybridized carbons (Fsp3) is 1.00. The molecule has 16 heavy (non-hydrogen) atoms. The third-order valence-electron chi connectivity index (χ3n) is 4.16. The molecule has 96 valence electrons. The van der Waals surface area contributed by atoms with Crippen LogP contribution in [0.25, 0.3) is 0 Å². The molecule has 0 aromatic rings. The summed E-state index contributed by atoms with van der Waals surface area (Å²) >= 11 is 0. The van der Waals surface area contributed by atoms with Crippen molar-refractivity contribution in [3.05, 3.63) is 0 Å². The van der Waals surface area contributed by atoms with Gasteiger partial charge in [-0.3, -0.25) is 4.90 Å². The van der Waals surface area contributed by atoms with Gasteiger partial charge in [0.25, 0.3) is 0 Å². The molecule has 0 radical (unpaired) electrons. The van der Waals surface area contributed by atoms with Gasteiger partial charge >= 0.3 is 0 Å². The second-order valence-corrected chi connectivity index (χ2v) is 5.57. The van der Waals surface area contributed by atoms with Crippen molar-refractivity contribution in [2.45, 2.75) is 51.6 Å². The van der Waals surface area contributed by atoms with Crippen molar-refractivity contribution in [3.8, 4) is 0 Å². The minimum atomic E-state index is 0.242. The third kappa shape index (κ3) is 2.96. The molecule has 1 heterocycles. The highest BCUT2D eigenvalue weighted by atomic mass is 16.5. The number of methoxy groups -OCH3 is 1. The van der Waals surface area contributed by atoms with Crippen molar-refractivity contribution in [1.29, 1.82) is 0 Å². The van der Waals surface area contributed by atoms with Crippen LogP contribution in [0.5, 0.6) is 0 Å². The van der Waals surface area contributed by atoms with Gasteiger partial charge in [0.05, 0.1) is 6.61 Å². The average molecular weight is 228 g/mol. The minimum Gasteiger partial charge on any atom is -0.383 e. The highest BCUT2D eigenvalue weighted by Gasteiger charge is 2.40. The number of hydrogen-bond donors (Lipinski definition) is 1. The SMILES string of the molecule is CCC1(CC)CN(CCOC)C(C)(C)CN1. The van der Waals surface area contributed by atoms with E-state index in [-0.39, 0.29) is 5.54 Å². The summed E-state index contributed by atoms with van der Waals surface area (Å²) in [6, 6.07) is 0. The Morgan fingerprint density at radius 1 is 1.25 bits per heavy atom. The Kier molecular flexibility index (Phi) is 4.77. The van der Waals surface area contributed by atoms with E-state index in [4.69, 9.17) is 4.74 Å². The second-order valence-electron chi connectivity index (χ2n) is 5.57. The molecule has 0 unspecified atom stereocenters. The van der Waals surface area contributed by atoms with E-state index in [1.807, 2.05) is 0 Å². The first-order valence-electron chi connectivity index (χ1n) is 6.48. The van der Waals surface area contributed by atoms with Gasteiger partial charge in [-0.25, -0.2) is 0 Å². The van der Waals surface area contributed by atoms with Gasteiger partial charge in [0.1, 0.15) is 0 Å². The third-order valence-corrected chi connectivity index (χ3v) is 4.16. The Morgan fingerprint density at radius 2 is 1.88 bits per heavy atom. The maximum atomic E-state index is 5.21. The van der Waals surface area contributed by atoms with Crippen LogP contribution >= 0.6 is 0 Å². The zero-order valence-electron chi connectivity index (χ0n) is 11.6. The van der Waals surface area contributed by atoms with E-state index >= 15 is 0 Å². The minimum absolute atomic E-state index is 0.242. The predicted octanol–water partition coefficient (Wildman–Crippen LogP) is 1.88. The zero-order chi connectivity index (χ0) is 12.2. The Bertz CT molecular complexity index is 212. The molecule has 1 fully saturated rings. The zero-order valence-corrected chi connectivity index (χ0v) is 11.6. The Labute approximate surface area is 101 Å². The monoisotopic (exact) mass is 228 g/mol. The lowest BCUT2D eigenvalue weighted by Crippen LogP contribution is -2.68. The van der Waals surface area contributed by atoms with Crippen LogP contribution in [0.2, 0.25) is 0 Å². The maximum absolute atomic E-state index is 5.21. The molecule has 3 nitrogen and oxygen atoms in total. The molecule has 0 spiro atoms. The topological polar surface area (TPSA) is 24.5 Å². The van der Waals surface area contributed by atoms with Crippen LogP contribution in [0, 0.1) is 0 Å². The number of ether oxygens (including phenoxy) is 1. The lowest BCUT2D eigenvalue weighted by molar-refractivity contribution is 0.00592. The standard InChI is InChI=1S/C13H28N2O/c1-6-13(7-2)11-15(8-9-16-5)12(3,4)10-14-13/h14H,6-11H2,1-5H3. The van der Waals surface area contributed by atoms with Crippen LogP contribution in [-0.4, -0.2) is 49.3 Å². The van der Waals surface area contributed by atoms with Gasteiger partial charge in [0.15, 0.2) is 0 Å². The predicted molar refractivity (Wildman–Crippen MR) is 68.8 cm³/mol. The number of nitrogens with one attached hydrogen (secondary N) is 1. The molecule has 3 heteroatoms. The van der Waals surface area contributed by atoms with E-state index in [1.54, 1.807) is 7.11 Å². The number of piperazine rings is 1. The van der Waals surface area contributed by atoms with Crippen molar-refractivity contribution in [3.63, 3.8) is 0 Å². The van der Waals surface area contributed by atoms with Gasteiger partial charge in [0, 0.05) is 37.8 Å². The normalized spacial score (nSPS) is 24.6. The van der Waals surface area contributed by atoms with Gasteiger partial charge in [0.2, 0.25) is 0 Å². The smallest absolute Gasteiger partial charge is 0.0589 e. The van der Waals surface area contributed by atoms with Crippen LogP contribution in [0.4, 0.5) is 0 Å². The second kappa shape index (κ2) is 5.48. The lowest BCUT2D eigenvalue weighted by atomic mass is 9.85. The first kappa shape index (κ1) is 13.9. The summed E-state index contributed by atoms with van der Waals surface area (Å²) in [6.45, 7) is 13.2. The first-order chi connectivity index (χ1) is 7.49. The molecule has 1 saturated heterocycles. The Hall–Kier alpha value is -0.120. The average Bonchev–Trinajstić information content (AvgIpc) is 2.28. The Morgan fingerprint density at radius 3 is 2.38 bits per heavy atom. The molecule has 1 rings (SSSR count). The van der Waals surface area contributed by atoms with Crippen molar-refractivity contribution >= 4 is 0 Å². The van der Waals surface area contributed by atoms with E-state index in [9.17, 15) is 0 Å². The summed E-state index contributed by atoms with van der Waals surface area (Å²) < 4.78 is 5.21. The molecule has 1 N–H and O–H groups in total. The van der Waals surface area contributed by atoms with Crippen molar-refractivity contribution in [1.82, 2.24) is 10.2 Å². The summed E-state index contributed by atoms with van der Waals surface area (Å²) in [5, 5.41) is 3.75. The number of hydrogen-bond acceptors (Lipinski definition) is 3. The van der Waals surface area contributed by atoms with E-state index < -0.39 is 0 Å². The van der Waals surface area contributed by atoms with Crippen molar-refractivity contribution < 1.29 is 4.74 Å². The lowest BCUT2D eigenvalue weighted by Gasteiger charge is -2.52. The fourth-order valence-corrected chi connectivity index (χ4v) is 2.46. The van der Waals surface area contributed by atoms with Gasteiger partial charge in [-0.2, -0.15) is 0 Å². The summed E-state index contributed by atoms with van der Waals surface area (Å²) in [5.41, 5.74) is 0.551. The quantitative estimate of drug-likeness (QED) is 0.777. The summed E-state index contributed by atoms with van der Waals surface area (Å²) in [6.07, 6.45) is 2.39. The molecule has 0 amide bonds. The van der Waals surface area contributed by atoms with Gasteiger partial charge in [-0.05, 0) is 26.7 Å². The van der Waals surface area contributed by atoms with Crippen LogP contribution in [0.15, 0.2) is 0 Å². The highest BCUT2D eigenvalue weighted by Crippen LogP contribution is 2.27. The number of nitrogens with zero attached hydrogens (tertiary/aromatic N) is 1. The molecule has 0 atom stereocenters. The molecule has 0 bridgehead atoms. The van der Waals surface area contributed by atoms with Gasteiger partial charge in [-0.1, -0.05) is 13.8 Å². The van der Waals surface area contributed by atoms with Crippen LogP contribution < -0.4 is 5.32 Å². The summed E-state index contributed by atoms with van der Waals surface area (Å²) in [7, 11) is 1.78.